The van der Waals surface area contributed by atoms with Crippen LogP contribution in [0.25, 0.3) is 0 Å². The van der Waals surface area contributed by atoms with Crippen LogP contribution in [0, 0.1) is 0 Å². The number of hydrogen-bond donors (Lipinski definition) is 1. The first kappa shape index (κ1) is 1.00. The molecule has 0 aliphatic carbocycles. The van der Waals surface area contributed by atoms with Gasteiger partial charge in [0, 0.05) is 9.24 Å². The van der Waals surface area contributed by atoms with Crippen LogP contribution in [-0.4, -0.2) is 6.50 Å². The quantitative estimate of drug-likeness (QED) is 0.439. The third kappa shape index (κ3) is 0.407. The minimum absolute atomic E-state index is 0.330. The van der Waals surface area contributed by atoms with E-state index >= 15 is 0 Å². The van der Waals surface area contributed by atoms with Crippen molar-refractivity contribution in [3.8, 4) is 0 Å². The second-order valence-corrected chi connectivity index (χ2v) is 0.876. The van der Waals surface area contributed by atoms with Gasteiger partial charge >= 0.3 is 0 Å². The molecule has 5 heavy (non-hydrogen) atoms. The van der Waals surface area contributed by atoms with E-state index in [2.05, 4.69) is 0 Å². The van der Waals surface area contributed by atoms with Gasteiger partial charge in [0.25, 0.3) is 0 Å². The minimum atomic E-state index is -1.46. The SMILES string of the molecule is [2H]N1C=CCC1([2H])[2H]. The molecule has 0 radical (unpaired) electrons. The van der Waals surface area contributed by atoms with Crippen molar-refractivity contribution in [2.45, 2.75) is 6.42 Å². The maximum Gasteiger partial charge on any atom is 0.159 e. The lowest BCUT2D eigenvalue weighted by molar-refractivity contribution is 0.917. The first-order valence-electron chi connectivity index (χ1n) is 3.02. The maximum atomic E-state index is 7.03. The Morgan fingerprint density at radius 3 is 3.40 bits per heavy atom. The molecule has 1 rings (SSSR count). The Morgan fingerprint density at radius 2 is 3.20 bits per heavy atom. The van der Waals surface area contributed by atoms with Crippen LogP contribution >= 0.6 is 0 Å². The summed E-state index contributed by atoms with van der Waals surface area (Å²) in [6, 6.07) is 0. The molecule has 1 aliphatic heterocycles. The molecule has 0 aromatic rings. The first-order valence-corrected chi connectivity index (χ1v) is 1.58. The fourth-order valence-electron chi connectivity index (χ4n) is 0.264. The van der Waals surface area contributed by atoms with Gasteiger partial charge in [-0.2, -0.15) is 0 Å². The fraction of sp³-hybridized carbons (Fsp3) is 0.500. The summed E-state index contributed by atoms with van der Waals surface area (Å²) in [4.78, 5) is 0. The third-order valence-electron chi connectivity index (χ3n) is 0.480. The molecule has 0 amide bonds. The van der Waals surface area contributed by atoms with Gasteiger partial charge in [0.15, 0.2) is 1.41 Å². The summed E-state index contributed by atoms with van der Waals surface area (Å²) in [6.45, 7) is -1.46. The molecule has 0 fully saturated rings. The second kappa shape index (κ2) is 1.11. The normalized spacial score (nSPS) is 40.0. The van der Waals surface area contributed by atoms with Gasteiger partial charge < -0.3 is 5.31 Å². The third-order valence-corrected chi connectivity index (χ3v) is 0.480. The van der Waals surface area contributed by atoms with E-state index in [4.69, 9.17) is 4.15 Å². The molecule has 1 aliphatic rings. The van der Waals surface area contributed by atoms with Crippen LogP contribution in [-0.2, 0) is 0 Å². The van der Waals surface area contributed by atoms with Crippen LogP contribution in [0.1, 0.15) is 9.16 Å². The van der Waals surface area contributed by atoms with Crippen LogP contribution < -0.4 is 5.31 Å². The monoisotopic (exact) mass is 72.1 g/mol. The highest BCUT2D eigenvalue weighted by Gasteiger charge is 1.81. The average molecular weight is 72.1 g/mol. The summed E-state index contributed by atoms with van der Waals surface area (Å²) in [5.41, 5.74) is 0. The zero-order valence-electron chi connectivity index (χ0n) is 5.81. The summed E-state index contributed by atoms with van der Waals surface area (Å²) < 4.78 is 21.0. The number of hydrogen-bond acceptors (Lipinski definition) is 1. The average Bonchev–Trinajstić information content (AvgIpc) is 1.86. The van der Waals surface area contributed by atoms with Crippen LogP contribution in [0.4, 0.5) is 0 Å². The topological polar surface area (TPSA) is 12.0 Å². The Balaban J connectivity index is 2.64. The van der Waals surface area contributed by atoms with Crippen molar-refractivity contribution in [2.75, 3.05) is 6.50 Å². The summed E-state index contributed by atoms with van der Waals surface area (Å²) in [5.74, 6) is 0. The zero-order chi connectivity index (χ0) is 6.20. The van der Waals surface area contributed by atoms with Gasteiger partial charge in [-0.15, -0.1) is 0 Å². The van der Waals surface area contributed by atoms with Gasteiger partial charge in [0.1, 0.15) is 0 Å². The Bertz CT molecular complexity index is 120. The van der Waals surface area contributed by atoms with Gasteiger partial charge in [0.05, 0.1) is 0 Å². The molecule has 0 spiro atoms. The summed E-state index contributed by atoms with van der Waals surface area (Å²) in [5, 5.41) is 0.826. The Hall–Kier alpha value is -0.460. The molecule has 0 saturated carbocycles. The molecule has 0 bridgehead atoms. The van der Waals surface area contributed by atoms with E-state index in [1.807, 2.05) is 0 Å². The van der Waals surface area contributed by atoms with Crippen LogP contribution in [0.5, 0.6) is 0 Å². The summed E-state index contributed by atoms with van der Waals surface area (Å²) in [7, 11) is 0. The van der Waals surface area contributed by atoms with Crippen molar-refractivity contribution in [3.05, 3.63) is 12.3 Å². The predicted molar refractivity (Wildman–Crippen MR) is 21.8 cm³/mol. The molecule has 28 valence electrons. The van der Waals surface area contributed by atoms with Gasteiger partial charge in [-0.05, 0) is 12.6 Å². The van der Waals surface area contributed by atoms with Crippen LogP contribution in [0.15, 0.2) is 12.3 Å². The van der Waals surface area contributed by atoms with Crippen molar-refractivity contribution >= 4 is 0 Å². The first-order chi connectivity index (χ1) is 3.63. The van der Waals surface area contributed by atoms with E-state index in [9.17, 15) is 0 Å². The summed E-state index contributed by atoms with van der Waals surface area (Å²) in [6.07, 6.45) is 3.41. The van der Waals surface area contributed by atoms with Crippen LogP contribution in [0.2, 0.25) is 1.41 Å². The Morgan fingerprint density at radius 1 is 2.20 bits per heavy atom. The molecule has 0 aromatic carbocycles. The van der Waals surface area contributed by atoms with Gasteiger partial charge in [0.2, 0.25) is 0 Å². The fourth-order valence-corrected chi connectivity index (χ4v) is 0.264. The number of rotatable bonds is 0. The molecule has 0 unspecified atom stereocenters. The van der Waals surface area contributed by atoms with Gasteiger partial charge in [-0.3, -0.25) is 0 Å². The second-order valence-electron chi connectivity index (χ2n) is 0.876. The lowest BCUT2D eigenvalue weighted by Gasteiger charge is -1.78. The Kier molecular flexibility index (Phi) is 0.222. The lowest BCUT2D eigenvalue weighted by Crippen LogP contribution is -1.96. The van der Waals surface area contributed by atoms with Gasteiger partial charge in [-0.25, -0.2) is 0 Å². The largest absolute Gasteiger partial charge is 0.391 e. The van der Waals surface area contributed by atoms with E-state index in [0.717, 1.165) is 5.31 Å². The molecule has 0 atom stereocenters. The highest BCUT2D eigenvalue weighted by Crippen LogP contribution is 1.84. The standard InChI is InChI=1S/C4H7N/c1-2-4-5-3-1/h1,3,5H,2,4H2/i4D2/hD. The van der Waals surface area contributed by atoms with Crippen LogP contribution in [0.3, 0.4) is 0 Å². The Labute approximate surface area is 36.0 Å². The molecular formula is C4H7N. The molecule has 1 heteroatoms. The molecular weight excluding hydrogens is 62.1 g/mol. The zero-order valence-corrected chi connectivity index (χ0v) is 2.81. The van der Waals surface area contributed by atoms with Crippen molar-refractivity contribution in [1.82, 2.24) is 5.31 Å². The van der Waals surface area contributed by atoms with Crippen molar-refractivity contribution in [1.29, 1.82) is 0 Å². The molecule has 0 saturated heterocycles. The van der Waals surface area contributed by atoms with E-state index in [0.29, 0.717) is 6.42 Å². The van der Waals surface area contributed by atoms with Crippen molar-refractivity contribution in [3.63, 3.8) is 0 Å². The van der Waals surface area contributed by atoms with Crippen molar-refractivity contribution < 1.29 is 4.15 Å². The van der Waals surface area contributed by atoms with E-state index < -0.39 is 6.50 Å². The van der Waals surface area contributed by atoms with E-state index in [-0.39, 0.29) is 0 Å². The molecule has 1 nitrogen and oxygen atoms in total. The van der Waals surface area contributed by atoms with Crippen molar-refractivity contribution in [2.24, 2.45) is 0 Å². The smallest absolute Gasteiger partial charge is 0.159 e. The highest BCUT2D eigenvalue weighted by molar-refractivity contribution is 4.86. The minimum Gasteiger partial charge on any atom is -0.391 e. The predicted octanol–water partition coefficient (Wildman–Crippen LogP) is 0.493. The molecule has 1 heterocycles. The van der Waals surface area contributed by atoms with E-state index in [1.165, 1.54) is 6.20 Å². The summed E-state index contributed by atoms with van der Waals surface area (Å²) >= 11 is 0. The molecule has 0 aromatic heterocycles. The van der Waals surface area contributed by atoms with E-state index in [1.54, 1.807) is 6.08 Å². The molecule has 1 N–H and O–H groups in total. The lowest BCUT2D eigenvalue weighted by atomic mass is 10.5. The number of nitrogens with one attached hydrogen (secondary N) is 1. The maximum absolute atomic E-state index is 7.03. The highest BCUT2D eigenvalue weighted by atomic mass is 14.8. The van der Waals surface area contributed by atoms with Gasteiger partial charge in [-0.1, -0.05) is 6.08 Å².